The summed E-state index contributed by atoms with van der Waals surface area (Å²) in [4.78, 5) is 11.4. The van der Waals surface area contributed by atoms with Crippen LogP contribution >= 0.6 is 0 Å². The number of aliphatic hydroxyl groups is 7. The summed E-state index contributed by atoms with van der Waals surface area (Å²) in [7, 11) is 0. The summed E-state index contributed by atoms with van der Waals surface area (Å²) in [5.41, 5.74) is 0. The van der Waals surface area contributed by atoms with E-state index in [4.69, 9.17) is 23.7 Å². The summed E-state index contributed by atoms with van der Waals surface area (Å²) in [6.07, 6.45) is -19.2. The summed E-state index contributed by atoms with van der Waals surface area (Å²) in [5.74, 6) is -0.439. The lowest BCUT2D eigenvalue weighted by molar-refractivity contribution is -0.373. The molecule has 8 N–H and O–H groups in total. The molecule has 1 unspecified atom stereocenters. The highest BCUT2D eigenvalue weighted by Crippen LogP contribution is 2.32. The monoisotopic (exact) mass is 497 g/mol. The lowest BCUT2D eigenvalue weighted by Crippen LogP contribution is -2.66. The molecule has 14 nitrogen and oxygen atoms in total. The van der Waals surface area contributed by atoms with Crippen molar-refractivity contribution in [2.24, 2.45) is 0 Å². The van der Waals surface area contributed by atoms with Crippen molar-refractivity contribution in [3.63, 3.8) is 0 Å². The Balaban J connectivity index is 1.70. The standard InChI is InChI=1S/C20H35NO13/c1-5-9(21-8(4)22)11(24)13(26)19(31-5)34-17-15(28)16(7(3)30-18(17)29)33-20-14(27)12(25)10(23)6(2)32-20/h5-7,9-20,23-29H,1-4H3,(H,21,22)/t5-,6-,7-,9-,10-,11+,12+,13-,14-,15+,16-,17-,18?,19+,20+/m1/s1. The third-order valence-electron chi connectivity index (χ3n) is 6.38. The van der Waals surface area contributed by atoms with E-state index >= 15 is 0 Å². The minimum Gasteiger partial charge on any atom is -0.388 e. The Labute approximate surface area is 195 Å². The van der Waals surface area contributed by atoms with Crippen LogP contribution in [0.15, 0.2) is 0 Å². The Hall–Kier alpha value is -1.01. The zero-order valence-electron chi connectivity index (χ0n) is 19.2. The number of amides is 1. The number of aliphatic hydroxyl groups excluding tert-OH is 7. The van der Waals surface area contributed by atoms with E-state index in [2.05, 4.69) is 5.32 Å². The highest BCUT2D eigenvalue weighted by molar-refractivity contribution is 5.73. The number of rotatable bonds is 5. The average Bonchev–Trinajstić information content (AvgIpc) is 2.76. The molecule has 0 aromatic carbocycles. The van der Waals surface area contributed by atoms with Gasteiger partial charge in [-0.05, 0) is 20.8 Å². The van der Waals surface area contributed by atoms with Gasteiger partial charge < -0.3 is 64.7 Å². The van der Waals surface area contributed by atoms with E-state index in [0.29, 0.717) is 0 Å². The average molecular weight is 497 g/mol. The van der Waals surface area contributed by atoms with Gasteiger partial charge in [-0.2, -0.15) is 0 Å². The van der Waals surface area contributed by atoms with Crippen LogP contribution in [0, 0.1) is 0 Å². The van der Waals surface area contributed by atoms with Gasteiger partial charge in [0.05, 0.1) is 24.4 Å². The smallest absolute Gasteiger partial charge is 0.217 e. The second-order valence-corrected chi connectivity index (χ2v) is 9.02. The third-order valence-corrected chi connectivity index (χ3v) is 6.38. The molecule has 3 saturated heterocycles. The summed E-state index contributed by atoms with van der Waals surface area (Å²) < 4.78 is 27.6. The number of carbonyl (C=O) groups is 1. The molecule has 3 fully saturated rings. The molecule has 3 rings (SSSR count). The summed E-state index contributed by atoms with van der Waals surface area (Å²) in [6.45, 7) is 5.72. The van der Waals surface area contributed by atoms with Crippen molar-refractivity contribution < 1.29 is 64.2 Å². The van der Waals surface area contributed by atoms with E-state index < -0.39 is 98.0 Å². The van der Waals surface area contributed by atoms with Crippen LogP contribution < -0.4 is 5.32 Å². The van der Waals surface area contributed by atoms with E-state index in [1.165, 1.54) is 27.7 Å². The van der Waals surface area contributed by atoms with Crippen molar-refractivity contribution in [2.75, 3.05) is 0 Å². The molecule has 198 valence electrons. The molecule has 0 aliphatic carbocycles. The van der Waals surface area contributed by atoms with Crippen LogP contribution in [-0.2, 0) is 28.5 Å². The first-order valence-corrected chi connectivity index (χ1v) is 11.1. The van der Waals surface area contributed by atoms with Crippen LogP contribution in [0.4, 0.5) is 0 Å². The predicted molar refractivity (Wildman–Crippen MR) is 109 cm³/mol. The van der Waals surface area contributed by atoms with Gasteiger partial charge in [0, 0.05) is 6.92 Å². The van der Waals surface area contributed by atoms with Crippen LogP contribution in [0.2, 0.25) is 0 Å². The summed E-state index contributed by atoms with van der Waals surface area (Å²) in [6, 6.07) is -0.922. The van der Waals surface area contributed by atoms with Gasteiger partial charge in [0.25, 0.3) is 0 Å². The van der Waals surface area contributed by atoms with Gasteiger partial charge in [-0.1, -0.05) is 0 Å². The Kier molecular flexibility index (Phi) is 8.87. The molecular weight excluding hydrogens is 462 g/mol. The van der Waals surface area contributed by atoms with Gasteiger partial charge in [0.15, 0.2) is 18.9 Å². The predicted octanol–water partition coefficient (Wildman–Crippen LogP) is -4.35. The second-order valence-electron chi connectivity index (χ2n) is 9.02. The first kappa shape index (κ1) is 27.6. The number of nitrogens with one attached hydrogen (secondary N) is 1. The third kappa shape index (κ3) is 5.53. The van der Waals surface area contributed by atoms with Crippen LogP contribution in [0.5, 0.6) is 0 Å². The molecule has 0 bridgehead atoms. The van der Waals surface area contributed by atoms with Crippen molar-refractivity contribution in [3.8, 4) is 0 Å². The van der Waals surface area contributed by atoms with Gasteiger partial charge in [-0.3, -0.25) is 4.79 Å². The maximum atomic E-state index is 11.4. The maximum absolute atomic E-state index is 11.4. The highest BCUT2D eigenvalue weighted by atomic mass is 16.7. The minimum absolute atomic E-state index is 0.439. The molecular formula is C20H35NO13. The fourth-order valence-corrected chi connectivity index (χ4v) is 4.36. The van der Waals surface area contributed by atoms with Crippen molar-refractivity contribution in [2.45, 2.75) is 120 Å². The number of carbonyl (C=O) groups excluding carboxylic acids is 1. The fourth-order valence-electron chi connectivity index (χ4n) is 4.36. The zero-order chi connectivity index (χ0) is 25.5. The van der Waals surface area contributed by atoms with Gasteiger partial charge in [0.2, 0.25) is 5.91 Å². The minimum atomic E-state index is -1.68. The first-order chi connectivity index (χ1) is 15.8. The first-order valence-electron chi connectivity index (χ1n) is 11.1. The number of ether oxygens (including phenoxy) is 5. The SMILES string of the molecule is CC(=O)N[C@H]1[C@H](O)[C@@H](O)[C@H](O[C@H]2C(O)O[C@H](C)[C@@H](O[C@@H]3O[C@H](C)[C@@H](O)[C@H](O)[C@H]3O)[C@@H]2O)O[C@@H]1C. The number of hydrogen-bond donors (Lipinski definition) is 8. The Morgan fingerprint density at radius 1 is 0.647 bits per heavy atom. The van der Waals surface area contributed by atoms with Crippen LogP contribution in [0.3, 0.4) is 0 Å². The molecule has 0 radical (unpaired) electrons. The zero-order valence-corrected chi connectivity index (χ0v) is 19.2. The van der Waals surface area contributed by atoms with Gasteiger partial charge in [-0.15, -0.1) is 0 Å². The van der Waals surface area contributed by atoms with E-state index in [9.17, 15) is 40.5 Å². The molecule has 0 spiro atoms. The van der Waals surface area contributed by atoms with E-state index in [0.717, 1.165) is 0 Å². The molecule has 14 heteroatoms. The fraction of sp³-hybridized carbons (Fsp3) is 0.950. The van der Waals surface area contributed by atoms with Gasteiger partial charge >= 0.3 is 0 Å². The topological polar surface area (TPSA) is 217 Å². The molecule has 3 aliphatic rings. The Morgan fingerprint density at radius 2 is 1.18 bits per heavy atom. The molecule has 34 heavy (non-hydrogen) atoms. The van der Waals surface area contributed by atoms with Crippen molar-refractivity contribution in [1.29, 1.82) is 0 Å². The maximum Gasteiger partial charge on any atom is 0.217 e. The normalized spacial score (nSPS) is 52.3. The van der Waals surface area contributed by atoms with E-state index in [-0.39, 0.29) is 0 Å². The number of hydrogen-bond acceptors (Lipinski definition) is 13. The van der Waals surface area contributed by atoms with Crippen molar-refractivity contribution in [1.82, 2.24) is 5.32 Å². The molecule has 3 heterocycles. The lowest BCUT2D eigenvalue weighted by Gasteiger charge is -2.47. The molecule has 3 aliphatic heterocycles. The van der Waals surface area contributed by atoms with Crippen molar-refractivity contribution >= 4 is 5.91 Å². The van der Waals surface area contributed by atoms with Crippen LogP contribution in [0.1, 0.15) is 27.7 Å². The van der Waals surface area contributed by atoms with Crippen LogP contribution in [0.25, 0.3) is 0 Å². The Bertz CT molecular complexity index is 699. The molecule has 1 amide bonds. The molecule has 15 atom stereocenters. The summed E-state index contributed by atoms with van der Waals surface area (Å²) >= 11 is 0. The van der Waals surface area contributed by atoms with Gasteiger partial charge in [-0.25, -0.2) is 0 Å². The van der Waals surface area contributed by atoms with E-state index in [1.54, 1.807) is 0 Å². The Morgan fingerprint density at radius 3 is 1.76 bits per heavy atom. The second kappa shape index (κ2) is 10.9. The molecule has 0 saturated carbocycles. The van der Waals surface area contributed by atoms with E-state index in [1.807, 2.05) is 0 Å². The van der Waals surface area contributed by atoms with Crippen LogP contribution in [-0.4, -0.2) is 134 Å². The highest BCUT2D eigenvalue weighted by Gasteiger charge is 2.52. The lowest BCUT2D eigenvalue weighted by atomic mass is 9.95. The molecule has 0 aromatic heterocycles. The van der Waals surface area contributed by atoms with Crippen molar-refractivity contribution in [3.05, 3.63) is 0 Å². The summed E-state index contributed by atoms with van der Waals surface area (Å²) in [5, 5.41) is 74.6. The molecule has 0 aromatic rings. The largest absolute Gasteiger partial charge is 0.388 e. The quantitative estimate of drug-likeness (QED) is 0.180. The van der Waals surface area contributed by atoms with Gasteiger partial charge in [0.1, 0.15) is 48.8 Å².